The molecule has 1 aromatic carbocycles. The number of likely N-dealkylation sites (N-methyl/N-ethyl adjacent to an activating group) is 1. The Balaban J connectivity index is 2.05. The molecule has 1 fully saturated rings. The van der Waals surface area contributed by atoms with Crippen LogP contribution in [0.1, 0.15) is 23.9 Å². The Labute approximate surface area is 159 Å². The molecule has 1 amide bonds. The SMILES string of the molecule is CCN1C(=O)/C(=C/c2cc(C)n(-c3ccccc3Br)c2C)SC1=S. The van der Waals surface area contributed by atoms with E-state index in [1.54, 1.807) is 4.90 Å². The van der Waals surface area contributed by atoms with Crippen LogP contribution in [-0.2, 0) is 4.79 Å². The molecule has 0 N–H and O–H groups in total. The number of hydrogen-bond donors (Lipinski definition) is 0. The first-order valence-electron chi connectivity index (χ1n) is 7.63. The van der Waals surface area contributed by atoms with E-state index in [-0.39, 0.29) is 5.91 Å². The fraction of sp³-hybridized carbons (Fsp3) is 0.222. The second kappa shape index (κ2) is 6.86. The Morgan fingerprint density at radius 1 is 1.29 bits per heavy atom. The minimum Gasteiger partial charge on any atom is -0.317 e. The van der Waals surface area contributed by atoms with Gasteiger partial charge in [-0.3, -0.25) is 9.69 Å². The largest absolute Gasteiger partial charge is 0.317 e. The van der Waals surface area contributed by atoms with Crippen molar-refractivity contribution in [3.05, 3.63) is 56.7 Å². The van der Waals surface area contributed by atoms with Gasteiger partial charge in [0.2, 0.25) is 0 Å². The van der Waals surface area contributed by atoms with Crippen LogP contribution in [0.2, 0.25) is 0 Å². The topological polar surface area (TPSA) is 25.2 Å². The van der Waals surface area contributed by atoms with E-state index in [0.29, 0.717) is 15.8 Å². The average Bonchev–Trinajstić information content (AvgIpc) is 2.97. The Kier molecular flexibility index (Phi) is 4.99. The standard InChI is InChI=1S/C18H17BrN2OS2/c1-4-20-17(22)16(24-18(20)23)10-13-9-11(2)21(12(13)3)15-8-6-5-7-14(15)19/h5-10H,4H2,1-3H3/b16-10-. The maximum Gasteiger partial charge on any atom is 0.266 e. The van der Waals surface area contributed by atoms with Gasteiger partial charge < -0.3 is 4.57 Å². The average molecular weight is 421 g/mol. The lowest BCUT2D eigenvalue weighted by atomic mass is 10.2. The number of thiocarbonyl (C=S) groups is 1. The molecular formula is C18H17BrN2OS2. The van der Waals surface area contributed by atoms with Gasteiger partial charge in [-0.25, -0.2) is 0 Å². The first-order valence-corrected chi connectivity index (χ1v) is 9.65. The number of carbonyl (C=O) groups is 1. The molecule has 24 heavy (non-hydrogen) atoms. The third-order valence-corrected chi connectivity index (χ3v) is 6.09. The van der Waals surface area contributed by atoms with Crippen molar-refractivity contribution in [2.75, 3.05) is 6.54 Å². The van der Waals surface area contributed by atoms with E-state index < -0.39 is 0 Å². The summed E-state index contributed by atoms with van der Waals surface area (Å²) >= 11 is 10.3. The van der Waals surface area contributed by atoms with Crippen LogP contribution in [0.15, 0.2) is 39.7 Å². The second-order valence-corrected chi connectivity index (χ2v) is 8.07. The van der Waals surface area contributed by atoms with Crippen LogP contribution in [0.5, 0.6) is 0 Å². The summed E-state index contributed by atoms with van der Waals surface area (Å²) in [5, 5.41) is 0. The zero-order valence-corrected chi connectivity index (χ0v) is 16.9. The highest BCUT2D eigenvalue weighted by Crippen LogP contribution is 2.34. The van der Waals surface area contributed by atoms with E-state index in [0.717, 1.165) is 27.1 Å². The van der Waals surface area contributed by atoms with Crippen LogP contribution in [0.4, 0.5) is 0 Å². The summed E-state index contributed by atoms with van der Waals surface area (Å²) in [5.74, 6) is -0.00167. The molecule has 0 bridgehead atoms. The Bertz CT molecular complexity index is 870. The van der Waals surface area contributed by atoms with Gasteiger partial charge in [-0.05, 0) is 66.5 Å². The highest BCUT2D eigenvalue weighted by Gasteiger charge is 2.30. The molecule has 3 rings (SSSR count). The van der Waals surface area contributed by atoms with Gasteiger partial charge >= 0.3 is 0 Å². The number of para-hydroxylation sites is 1. The van der Waals surface area contributed by atoms with Crippen LogP contribution in [0, 0.1) is 13.8 Å². The molecule has 1 saturated heterocycles. The maximum absolute atomic E-state index is 12.4. The molecule has 0 radical (unpaired) electrons. The molecule has 0 spiro atoms. The number of amides is 1. The third kappa shape index (κ3) is 2.98. The van der Waals surface area contributed by atoms with Gasteiger partial charge in [0.05, 0.1) is 10.6 Å². The van der Waals surface area contributed by atoms with E-state index in [2.05, 4.69) is 46.5 Å². The van der Waals surface area contributed by atoms with Crippen LogP contribution >= 0.6 is 39.9 Å². The molecule has 124 valence electrons. The van der Waals surface area contributed by atoms with Crippen molar-refractivity contribution in [2.45, 2.75) is 20.8 Å². The fourth-order valence-corrected chi connectivity index (χ4v) is 4.69. The Hall–Kier alpha value is -1.37. The number of halogens is 1. The fourth-order valence-electron chi connectivity index (χ4n) is 2.85. The van der Waals surface area contributed by atoms with Crippen molar-refractivity contribution < 1.29 is 4.79 Å². The van der Waals surface area contributed by atoms with Gasteiger partial charge in [0, 0.05) is 22.4 Å². The smallest absolute Gasteiger partial charge is 0.266 e. The summed E-state index contributed by atoms with van der Waals surface area (Å²) < 4.78 is 3.86. The highest BCUT2D eigenvalue weighted by atomic mass is 79.9. The van der Waals surface area contributed by atoms with Gasteiger partial charge in [0.25, 0.3) is 5.91 Å². The minimum absolute atomic E-state index is 0.00167. The molecule has 0 aliphatic carbocycles. The second-order valence-electron chi connectivity index (χ2n) is 5.54. The quantitative estimate of drug-likeness (QED) is 0.511. The molecule has 0 saturated carbocycles. The molecule has 1 aliphatic rings. The number of rotatable bonds is 3. The van der Waals surface area contributed by atoms with Crippen molar-refractivity contribution in [1.29, 1.82) is 0 Å². The molecule has 2 aromatic rings. The predicted octanol–water partition coefficient (Wildman–Crippen LogP) is 5.08. The summed E-state index contributed by atoms with van der Waals surface area (Å²) in [7, 11) is 0. The van der Waals surface area contributed by atoms with Crippen molar-refractivity contribution in [3.63, 3.8) is 0 Å². The van der Waals surface area contributed by atoms with E-state index in [4.69, 9.17) is 12.2 Å². The van der Waals surface area contributed by atoms with Gasteiger partial charge in [0.1, 0.15) is 4.32 Å². The van der Waals surface area contributed by atoms with Crippen molar-refractivity contribution in [2.24, 2.45) is 0 Å². The molecular weight excluding hydrogens is 404 g/mol. The summed E-state index contributed by atoms with van der Waals surface area (Å²) in [6.07, 6.45) is 1.95. The molecule has 0 atom stereocenters. The van der Waals surface area contributed by atoms with E-state index >= 15 is 0 Å². The van der Waals surface area contributed by atoms with Crippen molar-refractivity contribution in [3.8, 4) is 5.69 Å². The highest BCUT2D eigenvalue weighted by molar-refractivity contribution is 9.10. The van der Waals surface area contributed by atoms with Crippen LogP contribution < -0.4 is 0 Å². The number of hydrogen-bond acceptors (Lipinski definition) is 3. The lowest BCUT2D eigenvalue weighted by molar-refractivity contribution is -0.121. The number of thioether (sulfide) groups is 1. The molecule has 0 unspecified atom stereocenters. The summed E-state index contributed by atoms with van der Waals surface area (Å²) in [4.78, 5) is 14.7. The predicted molar refractivity (Wildman–Crippen MR) is 108 cm³/mol. The first kappa shape index (κ1) is 17.5. The number of aryl methyl sites for hydroxylation is 1. The number of nitrogens with zero attached hydrogens (tertiary/aromatic N) is 2. The van der Waals surface area contributed by atoms with Crippen LogP contribution in [0.3, 0.4) is 0 Å². The van der Waals surface area contributed by atoms with E-state index in [1.165, 1.54) is 11.8 Å². The molecule has 2 heterocycles. The number of benzene rings is 1. The Morgan fingerprint density at radius 3 is 2.62 bits per heavy atom. The lowest BCUT2D eigenvalue weighted by Crippen LogP contribution is -2.27. The number of aromatic nitrogens is 1. The number of carbonyl (C=O) groups excluding carboxylic acids is 1. The zero-order chi connectivity index (χ0) is 17.4. The first-order chi connectivity index (χ1) is 11.4. The lowest BCUT2D eigenvalue weighted by Gasteiger charge is -2.11. The van der Waals surface area contributed by atoms with Gasteiger partial charge in [-0.1, -0.05) is 36.1 Å². The minimum atomic E-state index is -0.00167. The third-order valence-electron chi connectivity index (χ3n) is 4.04. The Morgan fingerprint density at radius 2 is 2.00 bits per heavy atom. The summed E-state index contributed by atoms with van der Waals surface area (Å²) in [6, 6.07) is 10.2. The van der Waals surface area contributed by atoms with E-state index in [9.17, 15) is 4.79 Å². The summed E-state index contributed by atoms with van der Waals surface area (Å²) in [5.41, 5.74) is 4.35. The van der Waals surface area contributed by atoms with Crippen molar-refractivity contribution in [1.82, 2.24) is 9.47 Å². The van der Waals surface area contributed by atoms with Crippen LogP contribution in [0.25, 0.3) is 11.8 Å². The van der Waals surface area contributed by atoms with Gasteiger partial charge in [-0.15, -0.1) is 0 Å². The monoisotopic (exact) mass is 420 g/mol. The van der Waals surface area contributed by atoms with Gasteiger partial charge in [0.15, 0.2) is 0 Å². The molecule has 3 nitrogen and oxygen atoms in total. The van der Waals surface area contributed by atoms with Crippen LogP contribution in [-0.4, -0.2) is 26.2 Å². The van der Waals surface area contributed by atoms with Crippen molar-refractivity contribution >= 4 is 56.2 Å². The van der Waals surface area contributed by atoms with Gasteiger partial charge in [-0.2, -0.15) is 0 Å². The summed E-state index contributed by atoms with van der Waals surface area (Å²) in [6.45, 7) is 6.68. The molecule has 1 aromatic heterocycles. The molecule has 1 aliphatic heterocycles. The maximum atomic E-state index is 12.4. The normalized spacial score (nSPS) is 16.5. The zero-order valence-electron chi connectivity index (χ0n) is 13.7. The molecule has 6 heteroatoms. The van der Waals surface area contributed by atoms with E-state index in [1.807, 2.05) is 31.2 Å².